The summed E-state index contributed by atoms with van der Waals surface area (Å²) < 4.78 is 5.58. The molecule has 7 heteroatoms. The second kappa shape index (κ2) is 10.6. The van der Waals surface area contributed by atoms with Crippen molar-refractivity contribution < 1.29 is 14.6 Å². The van der Waals surface area contributed by atoms with Crippen molar-refractivity contribution in [3.05, 3.63) is 47.7 Å². The van der Waals surface area contributed by atoms with Gasteiger partial charge in [-0.25, -0.2) is 4.98 Å². The van der Waals surface area contributed by atoms with Crippen LogP contribution in [0, 0.1) is 5.92 Å². The number of piperidine rings is 1. The number of aliphatic hydroxyl groups is 1. The zero-order valence-electron chi connectivity index (χ0n) is 22.5. The van der Waals surface area contributed by atoms with Crippen molar-refractivity contribution in [2.24, 2.45) is 5.92 Å². The number of benzene rings is 1. The number of aliphatic hydroxyl groups excluding tert-OH is 1. The van der Waals surface area contributed by atoms with Crippen LogP contribution in [0.3, 0.4) is 0 Å². The Morgan fingerprint density at radius 3 is 2.63 bits per heavy atom. The molecule has 2 aliphatic carbocycles. The minimum Gasteiger partial charge on any atom is -0.396 e. The maximum atomic E-state index is 13.4. The van der Waals surface area contributed by atoms with Gasteiger partial charge in [-0.2, -0.15) is 0 Å². The summed E-state index contributed by atoms with van der Waals surface area (Å²) in [5.41, 5.74) is 10.1. The van der Waals surface area contributed by atoms with E-state index in [4.69, 9.17) is 10.5 Å². The fourth-order valence-electron chi connectivity index (χ4n) is 7.50. The standard InChI is InChI=1S/C31H42N4O3/c32-28-27(29(37)34-30(13-4-14-36)11-2-1-3-12-30)17-23(19-33-28)22-5-7-24(8-6-22)31-18-25(31)20-35(21-31)26-9-15-38-16-10-26/h5-8,17,19,25-26,36H,1-4,9-16,18,20-21H2,(H2,32,33)(H,34,37)/t25-,31+/m0/s1. The van der Waals surface area contributed by atoms with Gasteiger partial charge in [-0.05, 0) is 68.1 Å². The Morgan fingerprint density at radius 1 is 1.13 bits per heavy atom. The molecule has 7 nitrogen and oxygen atoms in total. The summed E-state index contributed by atoms with van der Waals surface area (Å²) in [7, 11) is 0. The van der Waals surface area contributed by atoms with E-state index in [9.17, 15) is 9.90 Å². The van der Waals surface area contributed by atoms with Crippen LogP contribution in [0.4, 0.5) is 5.82 Å². The van der Waals surface area contributed by atoms with Crippen molar-refractivity contribution in [1.82, 2.24) is 15.2 Å². The van der Waals surface area contributed by atoms with Gasteiger partial charge >= 0.3 is 0 Å². The maximum Gasteiger partial charge on any atom is 0.255 e. The van der Waals surface area contributed by atoms with E-state index in [-0.39, 0.29) is 23.9 Å². The number of aromatic nitrogens is 1. The number of pyridine rings is 1. The lowest BCUT2D eigenvalue weighted by molar-refractivity contribution is 0.0378. The molecule has 4 N–H and O–H groups in total. The number of nitrogen functional groups attached to an aromatic ring is 1. The van der Waals surface area contributed by atoms with Gasteiger partial charge in [-0.3, -0.25) is 9.69 Å². The van der Waals surface area contributed by atoms with Crippen LogP contribution in [0.2, 0.25) is 0 Å². The number of hydrogen-bond donors (Lipinski definition) is 3. The van der Waals surface area contributed by atoms with Crippen LogP contribution in [-0.4, -0.2) is 65.4 Å². The van der Waals surface area contributed by atoms with Crippen LogP contribution >= 0.6 is 0 Å². The van der Waals surface area contributed by atoms with Crippen LogP contribution in [0.5, 0.6) is 0 Å². The number of carbonyl (C=O) groups is 1. The molecular weight excluding hydrogens is 476 g/mol. The van der Waals surface area contributed by atoms with Gasteiger partial charge in [0.05, 0.1) is 5.56 Å². The second-order valence-corrected chi connectivity index (χ2v) is 12.2. The van der Waals surface area contributed by atoms with Gasteiger partial charge < -0.3 is 20.9 Å². The Kier molecular flexibility index (Phi) is 7.18. The highest BCUT2D eigenvalue weighted by molar-refractivity contribution is 5.99. The lowest BCUT2D eigenvalue weighted by Crippen LogP contribution is -2.50. The molecular formula is C31H42N4O3. The van der Waals surface area contributed by atoms with Gasteiger partial charge in [0.1, 0.15) is 5.82 Å². The monoisotopic (exact) mass is 518 g/mol. The number of nitrogens with one attached hydrogen (secondary N) is 1. The summed E-state index contributed by atoms with van der Waals surface area (Å²) in [5.74, 6) is 0.865. The van der Waals surface area contributed by atoms with Crippen molar-refractivity contribution in [3.63, 3.8) is 0 Å². The van der Waals surface area contributed by atoms with Crippen LogP contribution in [0.15, 0.2) is 36.5 Å². The highest BCUT2D eigenvalue weighted by Crippen LogP contribution is 2.59. The summed E-state index contributed by atoms with van der Waals surface area (Å²) in [4.78, 5) is 20.5. The Bertz CT molecular complexity index is 1140. The van der Waals surface area contributed by atoms with Crippen molar-refractivity contribution in [2.45, 2.75) is 81.2 Å². The van der Waals surface area contributed by atoms with E-state index >= 15 is 0 Å². The fourth-order valence-corrected chi connectivity index (χ4v) is 7.50. The van der Waals surface area contributed by atoms with Crippen LogP contribution < -0.4 is 11.1 Å². The van der Waals surface area contributed by atoms with E-state index in [0.717, 1.165) is 81.7 Å². The van der Waals surface area contributed by atoms with E-state index in [1.807, 2.05) is 6.07 Å². The average molecular weight is 519 g/mol. The molecule has 1 aromatic heterocycles. The first-order valence-corrected chi connectivity index (χ1v) is 14.6. The molecule has 2 saturated carbocycles. The topological polar surface area (TPSA) is 101 Å². The molecule has 1 aromatic carbocycles. The molecule has 4 fully saturated rings. The molecule has 204 valence electrons. The number of nitrogens with zero attached hydrogens (tertiary/aromatic N) is 2. The van der Waals surface area contributed by atoms with Gasteiger partial charge in [-0.1, -0.05) is 43.5 Å². The molecule has 4 aliphatic rings. The molecule has 3 heterocycles. The Balaban J connectivity index is 1.16. The number of anilines is 1. The largest absolute Gasteiger partial charge is 0.396 e. The Labute approximate surface area is 226 Å². The van der Waals surface area contributed by atoms with Crippen molar-refractivity contribution in [3.8, 4) is 11.1 Å². The highest BCUT2D eigenvalue weighted by Gasteiger charge is 2.61. The van der Waals surface area contributed by atoms with E-state index in [0.29, 0.717) is 23.4 Å². The first kappa shape index (κ1) is 25.8. The quantitative estimate of drug-likeness (QED) is 0.482. The number of carbonyl (C=O) groups excluding carboxylic acids is 1. The predicted octanol–water partition coefficient (Wildman–Crippen LogP) is 4.29. The zero-order chi connectivity index (χ0) is 26.2. The lowest BCUT2D eigenvalue weighted by atomic mass is 9.78. The Hall–Kier alpha value is -2.48. The fraction of sp³-hybridized carbons (Fsp3) is 0.613. The summed E-state index contributed by atoms with van der Waals surface area (Å²) in [6, 6.07) is 11.5. The van der Waals surface area contributed by atoms with Crippen molar-refractivity contribution in [2.75, 3.05) is 38.6 Å². The van der Waals surface area contributed by atoms with E-state index in [1.54, 1.807) is 6.20 Å². The number of hydrogen-bond acceptors (Lipinski definition) is 6. The number of ether oxygens (including phenoxy) is 1. The number of likely N-dealkylation sites (tertiary alicyclic amines) is 1. The summed E-state index contributed by atoms with van der Waals surface area (Å²) in [5, 5.41) is 12.7. The third kappa shape index (κ3) is 4.96. The van der Waals surface area contributed by atoms with Gasteiger partial charge in [0.2, 0.25) is 0 Å². The lowest BCUT2D eigenvalue weighted by Gasteiger charge is -2.38. The van der Waals surface area contributed by atoms with Crippen molar-refractivity contribution >= 4 is 11.7 Å². The van der Waals surface area contributed by atoms with Gasteiger partial charge in [0.25, 0.3) is 5.91 Å². The molecule has 1 amide bonds. The number of rotatable bonds is 8. The molecule has 6 rings (SSSR count). The number of nitrogens with two attached hydrogens (primary N) is 1. The minimum atomic E-state index is -0.262. The smallest absolute Gasteiger partial charge is 0.255 e. The maximum absolute atomic E-state index is 13.4. The summed E-state index contributed by atoms with van der Waals surface area (Å²) in [6.45, 7) is 4.31. The Morgan fingerprint density at radius 2 is 1.89 bits per heavy atom. The van der Waals surface area contributed by atoms with Crippen LogP contribution in [0.1, 0.15) is 80.1 Å². The summed E-state index contributed by atoms with van der Waals surface area (Å²) in [6.07, 6.45) is 12.1. The highest BCUT2D eigenvalue weighted by atomic mass is 16.5. The van der Waals surface area contributed by atoms with E-state index < -0.39 is 0 Å². The van der Waals surface area contributed by atoms with E-state index in [2.05, 4.69) is 39.5 Å². The van der Waals surface area contributed by atoms with Gasteiger partial charge in [0, 0.05) is 61.7 Å². The molecule has 0 spiro atoms. The molecule has 0 bridgehead atoms. The van der Waals surface area contributed by atoms with Gasteiger partial charge in [-0.15, -0.1) is 0 Å². The predicted molar refractivity (Wildman–Crippen MR) is 149 cm³/mol. The normalized spacial score (nSPS) is 27.1. The second-order valence-electron chi connectivity index (χ2n) is 12.2. The first-order valence-electron chi connectivity index (χ1n) is 14.6. The molecule has 2 aliphatic heterocycles. The molecule has 0 unspecified atom stereocenters. The molecule has 0 radical (unpaired) electrons. The zero-order valence-corrected chi connectivity index (χ0v) is 22.5. The molecule has 2 aromatic rings. The average Bonchev–Trinajstić information content (AvgIpc) is 3.53. The SMILES string of the molecule is Nc1ncc(-c2ccc([C@]34C[C@H]3CN(C3CCOCC3)C4)cc2)cc1C(=O)NC1(CCCO)CCCCC1. The summed E-state index contributed by atoms with van der Waals surface area (Å²) >= 11 is 0. The minimum absolute atomic E-state index is 0.141. The third-order valence-corrected chi connectivity index (χ3v) is 9.84. The molecule has 2 saturated heterocycles. The van der Waals surface area contributed by atoms with E-state index in [1.165, 1.54) is 24.9 Å². The first-order chi connectivity index (χ1) is 18.5. The van der Waals surface area contributed by atoms with Crippen LogP contribution in [0.25, 0.3) is 11.1 Å². The third-order valence-electron chi connectivity index (χ3n) is 9.84. The number of amides is 1. The van der Waals surface area contributed by atoms with Crippen molar-refractivity contribution in [1.29, 1.82) is 0 Å². The van der Waals surface area contributed by atoms with Gasteiger partial charge in [0.15, 0.2) is 0 Å². The molecule has 2 atom stereocenters. The number of fused-ring (bicyclic) bond motifs is 1. The van der Waals surface area contributed by atoms with Crippen LogP contribution in [-0.2, 0) is 10.2 Å². The molecule has 38 heavy (non-hydrogen) atoms.